The van der Waals surface area contributed by atoms with Crippen LogP contribution in [0, 0.1) is 23.2 Å². The van der Waals surface area contributed by atoms with Crippen molar-refractivity contribution in [2.24, 2.45) is 23.2 Å². The molecule has 1 saturated carbocycles. The molecule has 0 radical (unpaired) electrons. The van der Waals surface area contributed by atoms with E-state index in [2.05, 4.69) is 41.5 Å². The van der Waals surface area contributed by atoms with Crippen molar-refractivity contribution >= 4 is 5.97 Å². The number of carboxylic acid groups (broad SMARTS) is 1. The molecule has 0 aromatic heterocycles. The van der Waals surface area contributed by atoms with Crippen molar-refractivity contribution in [3.8, 4) is 0 Å². The number of ether oxygens (including phenoxy) is 3. The molecule has 5 atom stereocenters. The molecule has 170 valence electrons. The number of carboxylic acids is 1. The zero-order chi connectivity index (χ0) is 21.7. The lowest BCUT2D eigenvalue weighted by molar-refractivity contribution is -0.342. The third-order valence-corrected chi connectivity index (χ3v) is 6.67. The van der Waals surface area contributed by atoms with Crippen LogP contribution in [-0.2, 0) is 19.0 Å². The van der Waals surface area contributed by atoms with E-state index in [0.717, 1.165) is 32.3 Å². The summed E-state index contributed by atoms with van der Waals surface area (Å²) >= 11 is 0. The maximum atomic E-state index is 10.7. The average molecular weight is 413 g/mol. The molecular formula is C24H44O5. The molecule has 1 N–H and O–H groups in total. The topological polar surface area (TPSA) is 65.0 Å². The van der Waals surface area contributed by atoms with Gasteiger partial charge >= 0.3 is 5.97 Å². The zero-order valence-corrected chi connectivity index (χ0v) is 19.5. The van der Waals surface area contributed by atoms with Crippen LogP contribution >= 0.6 is 0 Å². The molecule has 2 rings (SSSR count). The molecule has 0 aromatic carbocycles. The van der Waals surface area contributed by atoms with Crippen LogP contribution < -0.4 is 0 Å². The van der Waals surface area contributed by atoms with Gasteiger partial charge in [-0.05, 0) is 42.9 Å². The second-order valence-corrected chi connectivity index (χ2v) is 10.7. The van der Waals surface area contributed by atoms with Gasteiger partial charge in [-0.3, -0.25) is 4.79 Å². The van der Waals surface area contributed by atoms with Crippen molar-refractivity contribution in [3.63, 3.8) is 0 Å². The van der Waals surface area contributed by atoms with Crippen molar-refractivity contribution < 1.29 is 24.1 Å². The van der Waals surface area contributed by atoms with Gasteiger partial charge in [-0.2, -0.15) is 0 Å². The lowest BCUT2D eigenvalue weighted by atomic mass is 9.72. The van der Waals surface area contributed by atoms with E-state index in [-0.39, 0.29) is 24.0 Å². The van der Waals surface area contributed by atoms with Crippen LogP contribution in [-0.4, -0.2) is 42.3 Å². The third-order valence-electron chi connectivity index (χ3n) is 6.67. The van der Waals surface area contributed by atoms with E-state index in [0.29, 0.717) is 30.8 Å². The van der Waals surface area contributed by atoms with Crippen molar-refractivity contribution in [1.82, 2.24) is 0 Å². The van der Waals surface area contributed by atoms with Crippen LogP contribution in [0.3, 0.4) is 0 Å². The Balaban J connectivity index is 1.98. The number of carbonyl (C=O) groups is 1. The normalized spacial score (nSPS) is 31.9. The molecular weight excluding hydrogens is 368 g/mol. The summed E-state index contributed by atoms with van der Waals surface area (Å²) in [6.45, 7) is 14.9. The molecule has 1 saturated heterocycles. The third kappa shape index (κ3) is 7.22. The van der Waals surface area contributed by atoms with E-state index >= 15 is 0 Å². The molecule has 0 bridgehead atoms. The molecule has 0 amide bonds. The minimum atomic E-state index is -0.736. The maximum Gasteiger partial charge on any atom is 0.303 e. The van der Waals surface area contributed by atoms with E-state index in [1.165, 1.54) is 12.8 Å². The molecule has 1 aliphatic heterocycles. The Labute approximate surface area is 177 Å². The first kappa shape index (κ1) is 24.6. The summed E-state index contributed by atoms with van der Waals surface area (Å²) in [4.78, 5) is 10.7. The summed E-state index contributed by atoms with van der Waals surface area (Å²) in [5, 5.41) is 8.80. The Morgan fingerprint density at radius 3 is 2.55 bits per heavy atom. The summed E-state index contributed by atoms with van der Waals surface area (Å²) in [6, 6.07) is 0. The predicted molar refractivity (Wildman–Crippen MR) is 115 cm³/mol. The summed E-state index contributed by atoms with van der Waals surface area (Å²) < 4.78 is 19.4. The molecule has 0 unspecified atom stereocenters. The Morgan fingerprint density at radius 1 is 1.21 bits per heavy atom. The highest BCUT2D eigenvalue weighted by molar-refractivity contribution is 5.66. The van der Waals surface area contributed by atoms with Gasteiger partial charge < -0.3 is 19.3 Å². The molecule has 2 fully saturated rings. The Morgan fingerprint density at radius 2 is 1.93 bits per heavy atom. The van der Waals surface area contributed by atoms with Gasteiger partial charge in [0.05, 0.1) is 18.8 Å². The number of unbranched alkanes of at least 4 members (excludes halogenated alkanes) is 1. The van der Waals surface area contributed by atoms with Crippen LogP contribution in [0.2, 0.25) is 0 Å². The van der Waals surface area contributed by atoms with Gasteiger partial charge in [-0.25, -0.2) is 0 Å². The molecule has 5 nitrogen and oxygen atoms in total. The molecule has 1 aliphatic carbocycles. The van der Waals surface area contributed by atoms with Crippen LogP contribution in [0.5, 0.6) is 0 Å². The second kappa shape index (κ2) is 10.6. The van der Waals surface area contributed by atoms with Gasteiger partial charge in [-0.15, -0.1) is 0 Å². The molecule has 5 heteroatoms. The number of hydrogen-bond acceptors (Lipinski definition) is 4. The highest BCUT2D eigenvalue weighted by Gasteiger charge is 2.50. The highest BCUT2D eigenvalue weighted by atomic mass is 16.7. The summed E-state index contributed by atoms with van der Waals surface area (Å²) in [6.07, 6.45) is 7.10. The number of aliphatic carboxylic acids is 1. The van der Waals surface area contributed by atoms with Crippen LogP contribution in [0.4, 0.5) is 0 Å². The van der Waals surface area contributed by atoms with Crippen molar-refractivity contribution in [1.29, 1.82) is 0 Å². The summed E-state index contributed by atoms with van der Waals surface area (Å²) in [5.41, 5.74) is 0.0128. The number of hydrogen-bond donors (Lipinski definition) is 1. The second-order valence-electron chi connectivity index (χ2n) is 10.7. The van der Waals surface area contributed by atoms with Gasteiger partial charge in [0, 0.05) is 31.8 Å². The molecule has 0 aromatic rings. The fourth-order valence-corrected chi connectivity index (χ4v) is 4.98. The first-order valence-electron chi connectivity index (χ1n) is 11.7. The fourth-order valence-electron chi connectivity index (χ4n) is 4.98. The smallest absolute Gasteiger partial charge is 0.303 e. The SMILES string of the molecule is CC(C)[C@@H]1CC[C@@H](C)C[C@@]12OCC[C@@H](C[C@H](OCCCCC(=O)O)C(C)(C)C)O2. The van der Waals surface area contributed by atoms with Gasteiger partial charge in [-0.1, -0.05) is 48.0 Å². The minimum Gasteiger partial charge on any atom is -0.481 e. The Bertz CT molecular complexity index is 512. The quantitative estimate of drug-likeness (QED) is 0.495. The minimum absolute atomic E-state index is 0.0128. The lowest BCUT2D eigenvalue weighted by Crippen LogP contribution is -2.55. The van der Waals surface area contributed by atoms with E-state index in [9.17, 15) is 4.79 Å². The van der Waals surface area contributed by atoms with Gasteiger partial charge in [0.1, 0.15) is 0 Å². The summed E-state index contributed by atoms with van der Waals surface area (Å²) in [5.74, 6) is 0.461. The predicted octanol–water partition coefficient (Wildman–Crippen LogP) is 5.66. The maximum absolute atomic E-state index is 10.7. The zero-order valence-electron chi connectivity index (χ0n) is 19.5. The molecule has 1 heterocycles. The van der Waals surface area contributed by atoms with E-state index in [1.54, 1.807) is 0 Å². The van der Waals surface area contributed by atoms with E-state index in [1.807, 2.05) is 0 Å². The van der Waals surface area contributed by atoms with Crippen LogP contribution in [0.15, 0.2) is 0 Å². The molecule has 29 heavy (non-hydrogen) atoms. The van der Waals surface area contributed by atoms with Gasteiger partial charge in [0.25, 0.3) is 0 Å². The van der Waals surface area contributed by atoms with Crippen LogP contribution in [0.1, 0.15) is 92.9 Å². The average Bonchev–Trinajstić information content (AvgIpc) is 2.59. The first-order chi connectivity index (χ1) is 13.5. The number of rotatable bonds is 9. The largest absolute Gasteiger partial charge is 0.481 e. The van der Waals surface area contributed by atoms with E-state index < -0.39 is 11.8 Å². The van der Waals surface area contributed by atoms with Gasteiger partial charge in [0.15, 0.2) is 5.79 Å². The fraction of sp³-hybridized carbons (Fsp3) is 0.958. The van der Waals surface area contributed by atoms with Crippen molar-refractivity contribution in [2.75, 3.05) is 13.2 Å². The first-order valence-corrected chi connectivity index (χ1v) is 11.7. The van der Waals surface area contributed by atoms with Crippen molar-refractivity contribution in [3.05, 3.63) is 0 Å². The molecule has 2 aliphatic rings. The lowest BCUT2D eigenvalue weighted by Gasteiger charge is -2.52. The Kier molecular flexibility index (Phi) is 8.99. The molecule has 1 spiro atoms. The van der Waals surface area contributed by atoms with E-state index in [4.69, 9.17) is 19.3 Å². The standard InChI is InChI=1S/C24H44O5/c1-17(2)20-11-10-18(3)16-24(20)28-14-12-19(29-24)15-21(23(4,5)6)27-13-8-7-9-22(25)26/h17-21H,7-16H2,1-6H3,(H,25,26)/t18-,19+,20+,21+,24+/m1/s1. The van der Waals surface area contributed by atoms with Gasteiger partial charge in [0.2, 0.25) is 0 Å². The highest BCUT2D eigenvalue weighted by Crippen LogP contribution is 2.47. The Hall–Kier alpha value is -0.650. The van der Waals surface area contributed by atoms with Crippen LogP contribution in [0.25, 0.3) is 0 Å². The van der Waals surface area contributed by atoms with Crippen molar-refractivity contribution in [2.45, 2.75) is 111 Å². The monoisotopic (exact) mass is 412 g/mol. The summed E-state index contributed by atoms with van der Waals surface area (Å²) in [7, 11) is 0.